The molecular formula is C21H29N3O4. The van der Waals surface area contributed by atoms with Crippen LogP contribution in [0.15, 0.2) is 24.4 Å². The maximum Gasteiger partial charge on any atom is 0.409 e. The van der Waals surface area contributed by atoms with Crippen molar-refractivity contribution in [3.05, 3.63) is 30.0 Å². The molecule has 7 nitrogen and oxygen atoms in total. The van der Waals surface area contributed by atoms with Gasteiger partial charge in [0.05, 0.1) is 20.1 Å². The van der Waals surface area contributed by atoms with Crippen LogP contribution in [0.5, 0.6) is 5.75 Å². The third-order valence-corrected chi connectivity index (χ3v) is 4.96. The van der Waals surface area contributed by atoms with Crippen molar-refractivity contribution in [2.75, 3.05) is 39.9 Å². The standard InChI is InChI=1S/C21H29N3O4/c1-15(2)14-28-21(26)24-8-4-7-23(9-10-24)20(25)11-16-13-22-19-6-5-17(27-3)12-18(16)19/h5-6,12-13,15,22H,4,7-11,14H2,1-3H3. The molecule has 2 heterocycles. The average Bonchev–Trinajstić information content (AvgIpc) is 2.91. The van der Waals surface area contributed by atoms with E-state index in [9.17, 15) is 9.59 Å². The molecule has 1 fully saturated rings. The summed E-state index contributed by atoms with van der Waals surface area (Å²) in [5.74, 6) is 1.15. The molecule has 2 amide bonds. The highest BCUT2D eigenvalue weighted by molar-refractivity contribution is 5.89. The maximum atomic E-state index is 12.9. The summed E-state index contributed by atoms with van der Waals surface area (Å²) in [7, 11) is 1.63. The Morgan fingerprint density at radius 1 is 1.14 bits per heavy atom. The smallest absolute Gasteiger partial charge is 0.409 e. The molecule has 7 heteroatoms. The summed E-state index contributed by atoms with van der Waals surface area (Å²) >= 11 is 0. The number of H-pyrrole nitrogens is 1. The van der Waals surface area contributed by atoms with Crippen LogP contribution in [0.4, 0.5) is 4.79 Å². The molecule has 0 bridgehead atoms. The molecule has 1 aromatic heterocycles. The number of ether oxygens (including phenoxy) is 2. The molecular weight excluding hydrogens is 358 g/mol. The van der Waals surface area contributed by atoms with Gasteiger partial charge in [0.25, 0.3) is 0 Å². The van der Waals surface area contributed by atoms with Crippen molar-refractivity contribution in [3.8, 4) is 5.75 Å². The number of carbonyl (C=O) groups is 2. The minimum absolute atomic E-state index is 0.0705. The van der Waals surface area contributed by atoms with Crippen molar-refractivity contribution < 1.29 is 19.1 Å². The number of fused-ring (bicyclic) bond motifs is 1. The Bertz CT molecular complexity index is 830. The minimum Gasteiger partial charge on any atom is -0.497 e. The fourth-order valence-electron chi connectivity index (χ4n) is 3.38. The number of benzene rings is 1. The largest absolute Gasteiger partial charge is 0.497 e. The van der Waals surface area contributed by atoms with E-state index in [1.807, 2.05) is 43.1 Å². The van der Waals surface area contributed by atoms with Gasteiger partial charge >= 0.3 is 6.09 Å². The van der Waals surface area contributed by atoms with E-state index in [-0.39, 0.29) is 12.0 Å². The van der Waals surface area contributed by atoms with E-state index in [2.05, 4.69) is 4.98 Å². The molecule has 1 saturated heterocycles. The lowest BCUT2D eigenvalue weighted by Gasteiger charge is -2.22. The molecule has 2 aromatic rings. The first kappa shape index (κ1) is 20.0. The Balaban J connectivity index is 1.60. The van der Waals surface area contributed by atoms with E-state index in [0.29, 0.717) is 45.1 Å². The van der Waals surface area contributed by atoms with E-state index in [0.717, 1.165) is 28.6 Å². The number of nitrogens with zero attached hydrogens (tertiary/aromatic N) is 2. The zero-order valence-electron chi connectivity index (χ0n) is 16.9. The van der Waals surface area contributed by atoms with E-state index < -0.39 is 0 Å². The van der Waals surface area contributed by atoms with E-state index >= 15 is 0 Å². The fourth-order valence-corrected chi connectivity index (χ4v) is 3.38. The van der Waals surface area contributed by atoms with Crippen LogP contribution in [0.25, 0.3) is 10.9 Å². The van der Waals surface area contributed by atoms with E-state index in [1.54, 1.807) is 12.0 Å². The molecule has 0 radical (unpaired) electrons. The summed E-state index contributed by atoms with van der Waals surface area (Å²) < 4.78 is 10.6. The number of aromatic nitrogens is 1. The second-order valence-corrected chi connectivity index (χ2v) is 7.59. The van der Waals surface area contributed by atoms with Gasteiger partial charge in [0, 0.05) is 43.3 Å². The Kier molecular flexibility index (Phi) is 6.44. The van der Waals surface area contributed by atoms with Crippen molar-refractivity contribution >= 4 is 22.9 Å². The van der Waals surface area contributed by atoms with Gasteiger partial charge < -0.3 is 24.3 Å². The van der Waals surface area contributed by atoms with Crippen LogP contribution in [0.3, 0.4) is 0 Å². The lowest BCUT2D eigenvalue weighted by molar-refractivity contribution is -0.130. The van der Waals surface area contributed by atoms with Crippen molar-refractivity contribution in [1.29, 1.82) is 0 Å². The van der Waals surface area contributed by atoms with Gasteiger partial charge in [-0.05, 0) is 36.1 Å². The SMILES string of the molecule is COc1ccc2[nH]cc(CC(=O)N3CCCN(C(=O)OCC(C)C)CC3)c2c1. The second kappa shape index (κ2) is 8.99. The third-order valence-electron chi connectivity index (χ3n) is 4.96. The van der Waals surface area contributed by atoms with Crippen LogP contribution in [0.1, 0.15) is 25.8 Å². The molecule has 0 unspecified atom stereocenters. The highest BCUT2D eigenvalue weighted by atomic mass is 16.6. The summed E-state index contributed by atoms with van der Waals surface area (Å²) in [5, 5.41) is 1.00. The quantitative estimate of drug-likeness (QED) is 0.856. The van der Waals surface area contributed by atoms with Gasteiger partial charge in [-0.2, -0.15) is 0 Å². The van der Waals surface area contributed by atoms with Crippen molar-refractivity contribution in [2.45, 2.75) is 26.7 Å². The number of aromatic amines is 1. The Hall–Kier alpha value is -2.70. The van der Waals surface area contributed by atoms with Gasteiger partial charge in [0.15, 0.2) is 0 Å². The Morgan fingerprint density at radius 2 is 1.89 bits per heavy atom. The molecule has 1 aliphatic heterocycles. The molecule has 0 spiro atoms. The summed E-state index contributed by atoms with van der Waals surface area (Å²) in [6.07, 6.45) is 2.68. The predicted molar refractivity (Wildman–Crippen MR) is 108 cm³/mol. The van der Waals surface area contributed by atoms with Crippen molar-refractivity contribution in [3.63, 3.8) is 0 Å². The van der Waals surface area contributed by atoms with Gasteiger partial charge in [0.2, 0.25) is 5.91 Å². The lowest BCUT2D eigenvalue weighted by Crippen LogP contribution is -2.38. The first-order chi connectivity index (χ1) is 13.5. The average molecular weight is 387 g/mol. The molecule has 0 atom stereocenters. The van der Waals surface area contributed by atoms with Gasteiger partial charge in [-0.1, -0.05) is 13.8 Å². The zero-order chi connectivity index (χ0) is 20.1. The highest BCUT2D eigenvalue weighted by Crippen LogP contribution is 2.24. The lowest BCUT2D eigenvalue weighted by atomic mass is 10.1. The molecule has 3 rings (SSSR count). The molecule has 1 aliphatic rings. The topological polar surface area (TPSA) is 74.9 Å². The first-order valence-corrected chi connectivity index (χ1v) is 9.81. The monoisotopic (exact) mass is 387 g/mol. The van der Waals surface area contributed by atoms with Crippen LogP contribution in [-0.4, -0.2) is 66.7 Å². The van der Waals surface area contributed by atoms with Crippen molar-refractivity contribution in [1.82, 2.24) is 14.8 Å². The van der Waals surface area contributed by atoms with Gasteiger partial charge in [-0.25, -0.2) is 4.79 Å². The van der Waals surface area contributed by atoms with Gasteiger partial charge in [0.1, 0.15) is 5.75 Å². The van der Waals surface area contributed by atoms with Crippen LogP contribution >= 0.6 is 0 Å². The molecule has 1 aromatic carbocycles. The first-order valence-electron chi connectivity index (χ1n) is 9.81. The van der Waals surface area contributed by atoms with Gasteiger partial charge in [-0.15, -0.1) is 0 Å². The number of hydrogen-bond acceptors (Lipinski definition) is 4. The fraction of sp³-hybridized carbons (Fsp3) is 0.524. The second-order valence-electron chi connectivity index (χ2n) is 7.59. The number of carbonyl (C=O) groups excluding carboxylic acids is 2. The summed E-state index contributed by atoms with van der Waals surface area (Å²) in [4.78, 5) is 31.8. The predicted octanol–water partition coefficient (Wildman–Crippen LogP) is 3.05. The maximum absolute atomic E-state index is 12.9. The summed E-state index contributed by atoms with van der Waals surface area (Å²) in [6.45, 7) is 6.74. The van der Waals surface area contributed by atoms with Crippen LogP contribution in [-0.2, 0) is 16.0 Å². The molecule has 0 aliphatic carbocycles. The number of methoxy groups -OCH3 is 1. The van der Waals surface area contributed by atoms with E-state index in [1.165, 1.54) is 0 Å². The zero-order valence-corrected chi connectivity index (χ0v) is 16.9. The number of hydrogen-bond donors (Lipinski definition) is 1. The summed E-state index contributed by atoms with van der Waals surface area (Å²) in [6, 6.07) is 5.80. The molecule has 28 heavy (non-hydrogen) atoms. The van der Waals surface area contributed by atoms with Crippen LogP contribution in [0, 0.1) is 5.92 Å². The Labute approximate surface area is 165 Å². The minimum atomic E-state index is -0.285. The van der Waals surface area contributed by atoms with E-state index in [4.69, 9.17) is 9.47 Å². The Morgan fingerprint density at radius 3 is 2.64 bits per heavy atom. The normalized spacial score (nSPS) is 15.0. The third kappa shape index (κ3) is 4.77. The highest BCUT2D eigenvalue weighted by Gasteiger charge is 2.23. The number of nitrogens with one attached hydrogen (secondary N) is 1. The molecule has 152 valence electrons. The van der Waals surface area contributed by atoms with Crippen LogP contribution in [0.2, 0.25) is 0 Å². The molecule has 1 N–H and O–H groups in total. The van der Waals surface area contributed by atoms with Crippen molar-refractivity contribution in [2.24, 2.45) is 5.92 Å². The number of amides is 2. The van der Waals surface area contributed by atoms with Gasteiger partial charge in [-0.3, -0.25) is 4.79 Å². The molecule has 0 saturated carbocycles. The summed E-state index contributed by atoms with van der Waals surface area (Å²) in [5.41, 5.74) is 1.94. The number of rotatable bonds is 5. The van der Waals surface area contributed by atoms with Crippen LogP contribution < -0.4 is 4.74 Å².